The number of ketones is 1. The molecule has 0 aromatic heterocycles. The lowest BCUT2D eigenvalue weighted by Crippen LogP contribution is -2.35. The number of benzene rings is 1. The highest BCUT2D eigenvalue weighted by atomic mass is 19.1. The van der Waals surface area contributed by atoms with Crippen LogP contribution in [-0.4, -0.2) is 18.9 Å². The van der Waals surface area contributed by atoms with Crippen molar-refractivity contribution in [3.8, 4) is 0 Å². The fourth-order valence-electron chi connectivity index (χ4n) is 3.44. The molecule has 3 rings (SSSR count). The predicted octanol–water partition coefficient (Wildman–Crippen LogP) is 2.93. The Bertz CT molecular complexity index is 822. The third-order valence-corrected chi connectivity index (χ3v) is 4.52. The normalized spacial score (nSPS) is 22.4. The largest absolute Gasteiger partial charge is 0.463 e. The van der Waals surface area contributed by atoms with Crippen LogP contribution in [0.15, 0.2) is 47.1 Å². The maximum absolute atomic E-state index is 13.7. The SMILES string of the molecule is COC(=O)C1=C(N)C(c2cccc(F)c2)C2=C(CC(C)(C)CC2=O)O1. The van der Waals surface area contributed by atoms with Gasteiger partial charge in [-0.1, -0.05) is 26.0 Å². The molecule has 5 nitrogen and oxygen atoms in total. The van der Waals surface area contributed by atoms with Crippen LogP contribution in [0.1, 0.15) is 38.2 Å². The molecule has 0 saturated heterocycles. The molecule has 6 heteroatoms. The summed E-state index contributed by atoms with van der Waals surface area (Å²) in [6, 6.07) is 5.85. The van der Waals surface area contributed by atoms with Crippen LogP contribution in [0.25, 0.3) is 0 Å². The molecule has 2 N–H and O–H groups in total. The maximum atomic E-state index is 13.7. The molecule has 1 aromatic carbocycles. The van der Waals surface area contributed by atoms with Crippen molar-refractivity contribution in [1.82, 2.24) is 0 Å². The number of Topliss-reactive ketones (excluding diaryl/α,β-unsaturated/α-hetero) is 1. The summed E-state index contributed by atoms with van der Waals surface area (Å²) in [5.41, 5.74) is 6.83. The topological polar surface area (TPSA) is 78.6 Å². The first-order valence-electron chi connectivity index (χ1n) is 8.01. The smallest absolute Gasteiger partial charge is 0.375 e. The van der Waals surface area contributed by atoms with Crippen LogP contribution in [0.5, 0.6) is 0 Å². The molecule has 1 atom stereocenters. The molecule has 1 aliphatic carbocycles. The summed E-state index contributed by atoms with van der Waals surface area (Å²) in [5, 5.41) is 0. The molecular weight excluding hydrogens is 325 g/mol. The summed E-state index contributed by atoms with van der Waals surface area (Å²) in [5.74, 6) is -1.72. The summed E-state index contributed by atoms with van der Waals surface area (Å²) >= 11 is 0. The van der Waals surface area contributed by atoms with E-state index < -0.39 is 17.7 Å². The van der Waals surface area contributed by atoms with E-state index in [1.807, 2.05) is 13.8 Å². The van der Waals surface area contributed by atoms with E-state index >= 15 is 0 Å². The highest BCUT2D eigenvalue weighted by Crippen LogP contribution is 2.47. The summed E-state index contributed by atoms with van der Waals surface area (Å²) in [7, 11) is 1.23. The number of hydrogen-bond acceptors (Lipinski definition) is 5. The van der Waals surface area contributed by atoms with Crippen molar-refractivity contribution in [2.75, 3.05) is 7.11 Å². The lowest BCUT2D eigenvalue weighted by atomic mass is 9.71. The number of ether oxygens (including phenoxy) is 2. The van der Waals surface area contributed by atoms with E-state index in [0.717, 1.165) is 0 Å². The van der Waals surface area contributed by atoms with Gasteiger partial charge in [0.2, 0.25) is 5.76 Å². The van der Waals surface area contributed by atoms with Gasteiger partial charge < -0.3 is 15.2 Å². The molecule has 0 amide bonds. The van der Waals surface area contributed by atoms with E-state index in [1.54, 1.807) is 12.1 Å². The molecule has 1 aliphatic heterocycles. The number of carbonyl (C=O) groups is 2. The number of esters is 1. The van der Waals surface area contributed by atoms with Crippen molar-refractivity contribution < 1.29 is 23.5 Å². The number of nitrogens with two attached hydrogens (primary N) is 1. The van der Waals surface area contributed by atoms with Gasteiger partial charge in [0, 0.05) is 18.4 Å². The molecule has 132 valence electrons. The Hall–Kier alpha value is -2.63. The van der Waals surface area contributed by atoms with Crippen LogP contribution in [0.3, 0.4) is 0 Å². The lowest BCUT2D eigenvalue weighted by molar-refractivity contribution is -0.140. The fraction of sp³-hybridized carbons (Fsp3) is 0.368. The number of allylic oxidation sites excluding steroid dienone is 2. The minimum absolute atomic E-state index is 0.0595. The zero-order chi connectivity index (χ0) is 18.4. The summed E-state index contributed by atoms with van der Waals surface area (Å²) < 4.78 is 24.2. The second kappa shape index (κ2) is 6.02. The molecule has 2 aliphatic rings. The number of rotatable bonds is 2. The molecule has 0 radical (unpaired) electrons. The minimum Gasteiger partial charge on any atom is -0.463 e. The second-order valence-electron chi connectivity index (χ2n) is 7.14. The second-order valence-corrected chi connectivity index (χ2v) is 7.14. The third-order valence-electron chi connectivity index (χ3n) is 4.52. The average molecular weight is 345 g/mol. The van der Waals surface area contributed by atoms with Crippen molar-refractivity contribution in [3.05, 3.63) is 58.4 Å². The third kappa shape index (κ3) is 3.04. The van der Waals surface area contributed by atoms with Crippen molar-refractivity contribution >= 4 is 11.8 Å². The van der Waals surface area contributed by atoms with Crippen molar-refractivity contribution in [2.45, 2.75) is 32.6 Å². The van der Waals surface area contributed by atoms with Crippen molar-refractivity contribution in [1.29, 1.82) is 0 Å². The molecule has 1 unspecified atom stereocenters. The van der Waals surface area contributed by atoms with Gasteiger partial charge in [-0.05, 0) is 23.1 Å². The number of halogens is 1. The molecule has 0 fully saturated rings. The van der Waals surface area contributed by atoms with E-state index in [1.165, 1.54) is 19.2 Å². The molecule has 25 heavy (non-hydrogen) atoms. The van der Waals surface area contributed by atoms with Crippen LogP contribution in [0.2, 0.25) is 0 Å². The Morgan fingerprint density at radius 3 is 2.72 bits per heavy atom. The maximum Gasteiger partial charge on any atom is 0.375 e. The van der Waals surface area contributed by atoms with Gasteiger partial charge in [-0.2, -0.15) is 0 Å². The van der Waals surface area contributed by atoms with Crippen LogP contribution >= 0.6 is 0 Å². The van der Waals surface area contributed by atoms with E-state index in [4.69, 9.17) is 15.2 Å². The van der Waals surface area contributed by atoms with Gasteiger partial charge in [0.15, 0.2) is 5.78 Å². The number of carbonyl (C=O) groups excluding carboxylic acids is 2. The molecule has 0 spiro atoms. The Labute approximate surface area is 145 Å². The number of methoxy groups -OCH3 is 1. The summed E-state index contributed by atoms with van der Waals surface area (Å²) in [6.45, 7) is 3.91. The Morgan fingerprint density at radius 1 is 1.36 bits per heavy atom. The quantitative estimate of drug-likeness (QED) is 0.834. The van der Waals surface area contributed by atoms with E-state index in [2.05, 4.69) is 0 Å². The fourth-order valence-corrected chi connectivity index (χ4v) is 3.44. The summed E-state index contributed by atoms with van der Waals surface area (Å²) in [6.07, 6.45) is 0.815. The highest BCUT2D eigenvalue weighted by Gasteiger charge is 2.43. The van der Waals surface area contributed by atoms with Gasteiger partial charge in [0.05, 0.1) is 18.7 Å². The van der Waals surface area contributed by atoms with Gasteiger partial charge in [-0.3, -0.25) is 4.79 Å². The first kappa shape index (κ1) is 17.2. The van der Waals surface area contributed by atoms with E-state index in [-0.39, 0.29) is 22.7 Å². The van der Waals surface area contributed by atoms with Crippen molar-refractivity contribution in [2.24, 2.45) is 11.1 Å². The van der Waals surface area contributed by atoms with Crippen LogP contribution in [0.4, 0.5) is 4.39 Å². The lowest BCUT2D eigenvalue weighted by Gasteiger charge is -2.37. The molecular formula is C19H20FNO4. The first-order valence-corrected chi connectivity index (χ1v) is 8.01. The Morgan fingerprint density at radius 2 is 2.08 bits per heavy atom. The van der Waals surface area contributed by atoms with Crippen molar-refractivity contribution in [3.63, 3.8) is 0 Å². The first-order chi connectivity index (χ1) is 11.7. The highest BCUT2D eigenvalue weighted by molar-refractivity contribution is 6.01. The molecule has 1 aromatic rings. The van der Waals surface area contributed by atoms with Crippen LogP contribution in [-0.2, 0) is 19.1 Å². The monoisotopic (exact) mass is 345 g/mol. The molecule has 0 saturated carbocycles. The van der Waals surface area contributed by atoms with Gasteiger partial charge in [-0.15, -0.1) is 0 Å². The molecule has 0 bridgehead atoms. The Balaban J connectivity index is 2.19. The standard InChI is InChI=1S/C19H20FNO4/c1-19(2)8-12(22)15-13(9-19)25-17(18(23)24-3)16(21)14(15)10-5-4-6-11(20)7-10/h4-7,14H,8-9,21H2,1-3H3. The van der Waals surface area contributed by atoms with Crippen LogP contribution in [0, 0.1) is 11.2 Å². The minimum atomic E-state index is -0.725. The van der Waals surface area contributed by atoms with Gasteiger partial charge >= 0.3 is 5.97 Å². The van der Waals surface area contributed by atoms with Gasteiger partial charge in [-0.25, -0.2) is 9.18 Å². The molecule has 1 heterocycles. The van der Waals surface area contributed by atoms with Gasteiger partial charge in [0.25, 0.3) is 0 Å². The van der Waals surface area contributed by atoms with E-state index in [0.29, 0.717) is 29.7 Å². The van der Waals surface area contributed by atoms with E-state index in [9.17, 15) is 14.0 Å². The zero-order valence-electron chi connectivity index (χ0n) is 14.4. The average Bonchev–Trinajstić information content (AvgIpc) is 2.53. The van der Waals surface area contributed by atoms with Gasteiger partial charge in [0.1, 0.15) is 11.6 Å². The predicted molar refractivity (Wildman–Crippen MR) is 88.5 cm³/mol. The Kier molecular flexibility index (Phi) is 4.14. The number of hydrogen-bond donors (Lipinski definition) is 1. The summed E-state index contributed by atoms with van der Waals surface area (Å²) in [4.78, 5) is 24.9. The van der Waals surface area contributed by atoms with Crippen LogP contribution < -0.4 is 5.73 Å². The zero-order valence-corrected chi connectivity index (χ0v) is 14.4.